The molecule has 1 amide bonds. The van der Waals surface area contributed by atoms with Gasteiger partial charge in [-0.3, -0.25) is 10.1 Å². The zero-order valence-corrected chi connectivity index (χ0v) is 15.0. The van der Waals surface area contributed by atoms with Gasteiger partial charge in [0.1, 0.15) is 0 Å². The molecule has 0 spiro atoms. The molecule has 2 rings (SSSR count). The first-order valence-corrected chi connectivity index (χ1v) is 8.03. The number of hydrogen-bond acceptors (Lipinski definition) is 5. The standard InChI is InChI=1S/C15H27N5O2.ClH/c1-11(5-4-10-22-3)14(21)18-15-17-13(19-20(15)2)12-6-8-16-9-7-12;/h11-12,16H,4-10H2,1-3H3,(H,17,18,19,21);1H. The second-order valence-electron chi connectivity index (χ2n) is 5.97. The second-order valence-corrected chi connectivity index (χ2v) is 5.97. The first kappa shape index (κ1) is 19.9. The van der Waals surface area contributed by atoms with Gasteiger partial charge < -0.3 is 10.1 Å². The van der Waals surface area contributed by atoms with E-state index in [9.17, 15) is 4.79 Å². The fourth-order valence-electron chi connectivity index (χ4n) is 2.66. The molecule has 8 heteroatoms. The number of anilines is 1. The number of carbonyl (C=O) groups is 1. The lowest BCUT2D eigenvalue weighted by Gasteiger charge is -2.19. The molecular weight excluding hydrogens is 318 g/mol. The highest BCUT2D eigenvalue weighted by Gasteiger charge is 2.22. The van der Waals surface area contributed by atoms with Gasteiger partial charge in [0.25, 0.3) is 0 Å². The number of methoxy groups -OCH3 is 1. The summed E-state index contributed by atoms with van der Waals surface area (Å²) < 4.78 is 6.68. The Morgan fingerprint density at radius 3 is 2.83 bits per heavy atom. The molecule has 1 aromatic heterocycles. The van der Waals surface area contributed by atoms with Crippen LogP contribution >= 0.6 is 12.4 Å². The van der Waals surface area contributed by atoms with Crippen molar-refractivity contribution in [1.29, 1.82) is 0 Å². The van der Waals surface area contributed by atoms with E-state index in [2.05, 4.69) is 20.7 Å². The predicted molar refractivity (Wildman–Crippen MR) is 92.0 cm³/mol. The summed E-state index contributed by atoms with van der Waals surface area (Å²) in [5.74, 6) is 1.69. The molecule has 2 N–H and O–H groups in total. The van der Waals surface area contributed by atoms with Gasteiger partial charge in [-0.2, -0.15) is 10.1 Å². The zero-order chi connectivity index (χ0) is 15.9. The molecule has 1 aliphatic rings. The summed E-state index contributed by atoms with van der Waals surface area (Å²) >= 11 is 0. The molecule has 1 aromatic rings. The fraction of sp³-hybridized carbons (Fsp3) is 0.800. The number of aromatic nitrogens is 3. The van der Waals surface area contributed by atoms with Crippen molar-refractivity contribution in [2.24, 2.45) is 13.0 Å². The van der Waals surface area contributed by atoms with Crippen LogP contribution in [-0.4, -0.2) is 47.5 Å². The third kappa shape index (κ3) is 5.75. The number of nitrogens with zero attached hydrogens (tertiary/aromatic N) is 3. The maximum atomic E-state index is 12.2. The normalized spacial score (nSPS) is 16.7. The highest BCUT2D eigenvalue weighted by molar-refractivity contribution is 5.90. The summed E-state index contributed by atoms with van der Waals surface area (Å²) in [7, 11) is 3.50. The highest BCUT2D eigenvalue weighted by atomic mass is 35.5. The average molecular weight is 346 g/mol. The summed E-state index contributed by atoms with van der Waals surface area (Å²) in [4.78, 5) is 16.7. The van der Waals surface area contributed by atoms with Gasteiger partial charge in [0.15, 0.2) is 5.82 Å². The van der Waals surface area contributed by atoms with Crippen LogP contribution in [0.1, 0.15) is 44.3 Å². The Morgan fingerprint density at radius 2 is 2.17 bits per heavy atom. The Bertz CT molecular complexity index is 488. The van der Waals surface area contributed by atoms with Crippen LogP contribution < -0.4 is 10.6 Å². The van der Waals surface area contributed by atoms with Crippen molar-refractivity contribution < 1.29 is 9.53 Å². The number of aryl methyl sites for hydroxylation is 1. The number of amides is 1. The van der Waals surface area contributed by atoms with Crippen molar-refractivity contribution in [3.05, 3.63) is 5.82 Å². The number of halogens is 1. The Kier molecular flexibility index (Phi) is 8.51. The lowest BCUT2D eigenvalue weighted by Crippen LogP contribution is -2.27. The molecule has 0 aliphatic carbocycles. The van der Waals surface area contributed by atoms with Gasteiger partial charge in [0.2, 0.25) is 11.9 Å². The topological polar surface area (TPSA) is 81.1 Å². The molecule has 1 atom stereocenters. The highest BCUT2D eigenvalue weighted by Crippen LogP contribution is 2.23. The number of carbonyl (C=O) groups excluding carboxylic acids is 1. The number of nitrogens with one attached hydrogen (secondary N) is 2. The summed E-state index contributed by atoms with van der Waals surface area (Å²) in [5.41, 5.74) is 0. The van der Waals surface area contributed by atoms with Crippen LogP contribution in [-0.2, 0) is 16.6 Å². The van der Waals surface area contributed by atoms with E-state index in [1.54, 1.807) is 11.8 Å². The quantitative estimate of drug-likeness (QED) is 0.735. The largest absolute Gasteiger partial charge is 0.385 e. The summed E-state index contributed by atoms with van der Waals surface area (Å²) in [5, 5.41) is 10.7. The number of ether oxygens (including phenoxy) is 1. The Hall–Kier alpha value is -1.18. The van der Waals surface area contributed by atoms with Gasteiger partial charge >= 0.3 is 0 Å². The molecule has 23 heavy (non-hydrogen) atoms. The summed E-state index contributed by atoms with van der Waals surface area (Å²) in [6.45, 7) is 4.61. The molecule has 1 fully saturated rings. The fourth-order valence-corrected chi connectivity index (χ4v) is 2.66. The smallest absolute Gasteiger partial charge is 0.229 e. The van der Waals surface area contributed by atoms with E-state index in [4.69, 9.17) is 4.74 Å². The Morgan fingerprint density at radius 1 is 1.48 bits per heavy atom. The van der Waals surface area contributed by atoms with E-state index < -0.39 is 0 Å². The lowest BCUT2D eigenvalue weighted by molar-refractivity contribution is -0.119. The Labute approximate surface area is 144 Å². The van der Waals surface area contributed by atoms with Crippen LogP contribution in [0.2, 0.25) is 0 Å². The molecule has 0 saturated carbocycles. The van der Waals surface area contributed by atoms with Gasteiger partial charge in [-0.25, -0.2) is 4.68 Å². The molecule has 0 bridgehead atoms. The first-order valence-electron chi connectivity index (χ1n) is 8.03. The third-order valence-electron chi connectivity index (χ3n) is 4.15. The zero-order valence-electron chi connectivity index (χ0n) is 14.2. The predicted octanol–water partition coefficient (Wildman–Crippen LogP) is 1.71. The van der Waals surface area contributed by atoms with Gasteiger partial charge in [-0.15, -0.1) is 12.4 Å². The molecule has 0 radical (unpaired) electrons. The van der Waals surface area contributed by atoms with Crippen molar-refractivity contribution in [1.82, 2.24) is 20.1 Å². The van der Waals surface area contributed by atoms with Crippen molar-refractivity contribution in [3.63, 3.8) is 0 Å². The average Bonchev–Trinajstić information content (AvgIpc) is 2.89. The van der Waals surface area contributed by atoms with Crippen LogP contribution in [0, 0.1) is 5.92 Å². The summed E-state index contributed by atoms with van der Waals surface area (Å²) in [6.07, 6.45) is 3.78. The minimum absolute atomic E-state index is 0. The van der Waals surface area contributed by atoms with Crippen LogP contribution in [0.3, 0.4) is 0 Å². The Balaban J connectivity index is 0.00000264. The monoisotopic (exact) mass is 345 g/mol. The molecule has 1 unspecified atom stereocenters. The molecule has 1 aliphatic heterocycles. The minimum atomic E-state index is -0.0609. The van der Waals surface area contributed by atoms with Gasteiger partial charge in [-0.1, -0.05) is 6.92 Å². The van der Waals surface area contributed by atoms with Crippen LogP contribution in [0.15, 0.2) is 0 Å². The second kappa shape index (κ2) is 9.85. The number of hydrogen-bond donors (Lipinski definition) is 2. The van der Waals surface area contributed by atoms with E-state index >= 15 is 0 Å². The van der Waals surface area contributed by atoms with Crippen molar-refractivity contribution >= 4 is 24.3 Å². The van der Waals surface area contributed by atoms with Gasteiger partial charge in [-0.05, 0) is 38.8 Å². The molecule has 0 aromatic carbocycles. The van der Waals surface area contributed by atoms with Gasteiger partial charge in [0, 0.05) is 32.6 Å². The SMILES string of the molecule is COCCCC(C)C(=O)Nc1nc(C2CCNCC2)nn1C.Cl. The number of rotatable bonds is 7. The van der Waals surface area contributed by atoms with E-state index in [0.29, 0.717) is 18.5 Å². The van der Waals surface area contributed by atoms with Crippen LogP contribution in [0.4, 0.5) is 5.95 Å². The molecule has 1 saturated heterocycles. The van der Waals surface area contributed by atoms with Crippen LogP contribution in [0.5, 0.6) is 0 Å². The van der Waals surface area contributed by atoms with E-state index in [1.807, 2.05) is 14.0 Å². The van der Waals surface area contributed by atoms with E-state index in [1.165, 1.54) is 0 Å². The van der Waals surface area contributed by atoms with Crippen LogP contribution in [0.25, 0.3) is 0 Å². The lowest BCUT2D eigenvalue weighted by atomic mass is 9.98. The molecular formula is C15H28ClN5O2. The molecule has 132 valence electrons. The molecule has 2 heterocycles. The van der Waals surface area contributed by atoms with Crippen molar-refractivity contribution in [3.8, 4) is 0 Å². The third-order valence-corrected chi connectivity index (χ3v) is 4.15. The van der Waals surface area contributed by atoms with Gasteiger partial charge in [0.05, 0.1) is 0 Å². The van der Waals surface area contributed by atoms with E-state index in [-0.39, 0.29) is 24.2 Å². The maximum Gasteiger partial charge on any atom is 0.229 e. The minimum Gasteiger partial charge on any atom is -0.385 e. The maximum absolute atomic E-state index is 12.2. The number of piperidine rings is 1. The molecule has 7 nitrogen and oxygen atoms in total. The first-order chi connectivity index (χ1) is 10.6. The van der Waals surface area contributed by atoms with Crippen molar-refractivity contribution in [2.75, 3.05) is 32.1 Å². The van der Waals surface area contributed by atoms with Crippen molar-refractivity contribution in [2.45, 2.75) is 38.5 Å². The summed E-state index contributed by atoms with van der Waals surface area (Å²) in [6, 6.07) is 0. The van der Waals surface area contributed by atoms with E-state index in [0.717, 1.165) is 44.6 Å².